The van der Waals surface area contributed by atoms with Crippen LogP contribution in [0.1, 0.15) is 17.2 Å². The second-order valence-electron chi connectivity index (χ2n) is 4.04. The summed E-state index contributed by atoms with van der Waals surface area (Å²) in [6.45, 7) is 0. The van der Waals surface area contributed by atoms with Crippen LogP contribution in [-0.2, 0) is 0 Å². The molecule has 0 heterocycles. The van der Waals surface area contributed by atoms with Crippen molar-refractivity contribution in [2.24, 2.45) is 0 Å². The molecule has 0 saturated heterocycles. The third kappa shape index (κ3) is 2.74. The highest BCUT2D eigenvalue weighted by molar-refractivity contribution is 6.30. The van der Waals surface area contributed by atoms with Gasteiger partial charge in [-0.05, 0) is 30.8 Å². The van der Waals surface area contributed by atoms with Crippen LogP contribution in [0.3, 0.4) is 0 Å². The van der Waals surface area contributed by atoms with Crippen molar-refractivity contribution < 1.29 is 13.2 Å². The number of nitrogens with one attached hydrogen (secondary N) is 1. The molecule has 0 amide bonds. The van der Waals surface area contributed by atoms with Gasteiger partial charge in [-0.25, -0.2) is 13.2 Å². The fourth-order valence-electron chi connectivity index (χ4n) is 1.94. The minimum atomic E-state index is -0.928. The van der Waals surface area contributed by atoms with Crippen LogP contribution in [0.25, 0.3) is 0 Å². The first-order valence-corrected chi connectivity index (χ1v) is 5.98. The van der Waals surface area contributed by atoms with Crippen LogP contribution in [0, 0.1) is 17.5 Å². The van der Waals surface area contributed by atoms with Crippen molar-refractivity contribution in [3.05, 3.63) is 70.0 Å². The maximum Gasteiger partial charge on any atom is 0.163 e. The number of halogens is 4. The molecule has 100 valence electrons. The van der Waals surface area contributed by atoms with Crippen molar-refractivity contribution in [1.82, 2.24) is 5.32 Å². The number of hydrogen-bond donors (Lipinski definition) is 1. The topological polar surface area (TPSA) is 12.0 Å². The zero-order chi connectivity index (χ0) is 14.0. The Morgan fingerprint density at radius 1 is 1.05 bits per heavy atom. The van der Waals surface area contributed by atoms with E-state index in [1.54, 1.807) is 7.05 Å². The minimum Gasteiger partial charge on any atom is -0.309 e. The normalized spacial score (nSPS) is 12.5. The van der Waals surface area contributed by atoms with E-state index in [2.05, 4.69) is 5.32 Å². The monoisotopic (exact) mass is 285 g/mol. The average Bonchev–Trinajstić information content (AvgIpc) is 2.39. The van der Waals surface area contributed by atoms with Gasteiger partial charge in [0.05, 0.1) is 11.1 Å². The molecule has 2 aromatic carbocycles. The largest absolute Gasteiger partial charge is 0.309 e. The summed E-state index contributed by atoms with van der Waals surface area (Å²) in [5.41, 5.74) is 0.698. The molecule has 0 spiro atoms. The molecular formula is C14H11ClF3N. The van der Waals surface area contributed by atoms with Crippen molar-refractivity contribution in [1.29, 1.82) is 0 Å². The van der Waals surface area contributed by atoms with Crippen molar-refractivity contribution in [3.8, 4) is 0 Å². The van der Waals surface area contributed by atoms with E-state index in [0.717, 1.165) is 6.07 Å². The third-order valence-electron chi connectivity index (χ3n) is 2.86. The van der Waals surface area contributed by atoms with E-state index in [0.29, 0.717) is 5.56 Å². The first-order chi connectivity index (χ1) is 9.04. The van der Waals surface area contributed by atoms with Gasteiger partial charge in [-0.1, -0.05) is 29.8 Å². The van der Waals surface area contributed by atoms with Crippen molar-refractivity contribution in [2.45, 2.75) is 6.04 Å². The molecule has 0 radical (unpaired) electrons. The smallest absolute Gasteiger partial charge is 0.163 e. The molecule has 1 nitrogen and oxygen atoms in total. The number of hydrogen-bond acceptors (Lipinski definition) is 1. The second-order valence-corrected chi connectivity index (χ2v) is 4.45. The van der Waals surface area contributed by atoms with E-state index in [1.165, 1.54) is 30.3 Å². The Bertz CT molecular complexity index is 601. The summed E-state index contributed by atoms with van der Waals surface area (Å²) in [5, 5.41) is 2.80. The highest BCUT2D eigenvalue weighted by Crippen LogP contribution is 2.28. The number of rotatable bonds is 3. The van der Waals surface area contributed by atoms with Gasteiger partial charge in [-0.2, -0.15) is 0 Å². The van der Waals surface area contributed by atoms with Crippen LogP contribution in [0.4, 0.5) is 13.2 Å². The SMILES string of the molecule is CNC(c1ccc(F)c(Cl)c1)c1cccc(F)c1F. The maximum atomic E-state index is 13.8. The maximum absolute atomic E-state index is 13.8. The van der Waals surface area contributed by atoms with E-state index in [-0.39, 0.29) is 10.6 Å². The first kappa shape index (κ1) is 13.9. The first-order valence-electron chi connectivity index (χ1n) is 5.60. The molecule has 0 aliphatic carbocycles. The molecule has 0 bridgehead atoms. The molecule has 1 N–H and O–H groups in total. The van der Waals surface area contributed by atoms with Crippen molar-refractivity contribution in [3.63, 3.8) is 0 Å². The summed E-state index contributed by atoms with van der Waals surface area (Å²) in [5.74, 6) is -2.41. The summed E-state index contributed by atoms with van der Waals surface area (Å²) >= 11 is 5.70. The third-order valence-corrected chi connectivity index (χ3v) is 3.15. The molecular weight excluding hydrogens is 275 g/mol. The molecule has 0 aliphatic rings. The van der Waals surface area contributed by atoms with Gasteiger partial charge in [0.25, 0.3) is 0 Å². The van der Waals surface area contributed by atoms with E-state index < -0.39 is 23.5 Å². The van der Waals surface area contributed by atoms with Gasteiger partial charge in [0.15, 0.2) is 11.6 Å². The number of benzene rings is 2. The van der Waals surface area contributed by atoms with E-state index >= 15 is 0 Å². The lowest BCUT2D eigenvalue weighted by molar-refractivity contribution is 0.487. The average molecular weight is 286 g/mol. The summed E-state index contributed by atoms with van der Waals surface area (Å²) in [6, 6.07) is 7.39. The standard InChI is InChI=1S/C14H11ClF3N/c1-19-14(8-5-6-11(16)10(15)7-8)9-3-2-4-12(17)13(9)18/h2-7,14,19H,1H3. The van der Waals surface area contributed by atoms with E-state index in [9.17, 15) is 13.2 Å². The summed E-state index contributed by atoms with van der Waals surface area (Å²) < 4.78 is 40.2. The molecule has 2 rings (SSSR count). The lowest BCUT2D eigenvalue weighted by Gasteiger charge is -2.18. The van der Waals surface area contributed by atoms with Crippen LogP contribution < -0.4 is 5.32 Å². The molecule has 0 fully saturated rings. The lowest BCUT2D eigenvalue weighted by atomic mass is 9.98. The molecule has 1 unspecified atom stereocenters. The summed E-state index contributed by atoms with van der Waals surface area (Å²) in [4.78, 5) is 0. The minimum absolute atomic E-state index is 0.0606. The quantitative estimate of drug-likeness (QED) is 0.896. The second kappa shape index (κ2) is 5.63. The summed E-state index contributed by atoms with van der Waals surface area (Å²) in [7, 11) is 1.60. The van der Waals surface area contributed by atoms with Crippen LogP contribution in [0.5, 0.6) is 0 Å². The lowest BCUT2D eigenvalue weighted by Crippen LogP contribution is -2.19. The Labute approximate surface area is 114 Å². The highest BCUT2D eigenvalue weighted by Gasteiger charge is 2.19. The van der Waals surface area contributed by atoms with Gasteiger partial charge >= 0.3 is 0 Å². The van der Waals surface area contributed by atoms with E-state index in [4.69, 9.17) is 11.6 Å². The van der Waals surface area contributed by atoms with Gasteiger partial charge in [0.2, 0.25) is 0 Å². The molecule has 0 aliphatic heterocycles. The van der Waals surface area contributed by atoms with Crippen LogP contribution in [-0.4, -0.2) is 7.05 Å². The molecule has 19 heavy (non-hydrogen) atoms. The predicted octanol–water partition coefficient (Wildman–Crippen LogP) is 4.07. The van der Waals surface area contributed by atoms with Crippen molar-refractivity contribution >= 4 is 11.6 Å². The molecule has 0 saturated carbocycles. The van der Waals surface area contributed by atoms with Gasteiger partial charge in [0, 0.05) is 5.56 Å². The molecule has 1 atom stereocenters. The predicted molar refractivity (Wildman–Crippen MR) is 68.7 cm³/mol. The summed E-state index contributed by atoms with van der Waals surface area (Å²) in [6.07, 6.45) is 0. The Balaban J connectivity index is 2.50. The van der Waals surface area contributed by atoms with Gasteiger partial charge in [-0.3, -0.25) is 0 Å². The van der Waals surface area contributed by atoms with Crippen LogP contribution in [0.15, 0.2) is 36.4 Å². The fourth-order valence-corrected chi connectivity index (χ4v) is 2.13. The molecule has 2 aromatic rings. The Morgan fingerprint density at radius 2 is 1.79 bits per heavy atom. The molecule has 0 aromatic heterocycles. The molecule has 5 heteroatoms. The highest BCUT2D eigenvalue weighted by atomic mass is 35.5. The van der Waals surface area contributed by atoms with E-state index in [1.807, 2.05) is 0 Å². The van der Waals surface area contributed by atoms with Gasteiger partial charge in [-0.15, -0.1) is 0 Å². The Hall–Kier alpha value is -1.52. The van der Waals surface area contributed by atoms with Gasteiger partial charge < -0.3 is 5.32 Å². The van der Waals surface area contributed by atoms with Gasteiger partial charge in [0.1, 0.15) is 5.82 Å². The van der Waals surface area contributed by atoms with Crippen LogP contribution in [0.2, 0.25) is 5.02 Å². The fraction of sp³-hybridized carbons (Fsp3) is 0.143. The van der Waals surface area contributed by atoms with Crippen LogP contribution >= 0.6 is 11.6 Å². The Kier molecular flexibility index (Phi) is 4.12. The Morgan fingerprint density at radius 3 is 2.42 bits per heavy atom. The van der Waals surface area contributed by atoms with Crippen molar-refractivity contribution in [2.75, 3.05) is 7.05 Å². The zero-order valence-electron chi connectivity index (χ0n) is 10.1. The zero-order valence-corrected chi connectivity index (χ0v) is 10.8.